The Balaban J connectivity index is 1.85. The Labute approximate surface area is 145 Å². The van der Waals surface area contributed by atoms with Gasteiger partial charge in [-0.2, -0.15) is 9.97 Å². The highest BCUT2D eigenvalue weighted by Crippen LogP contribution is 2.36. The predicted octanol–water partition coefficient (Wildman–Crippen LogP) is 3.77. The summed E-state index contributed by atoms with van der Waals surface area (Å²) in [4.78, 5) is 11.8. The number of fused-ring (bicyclic) bond motifs is 3. The van der Waals surface area contributed by atoms with Crippen LogP contribution in [0.1, 0.15) is 5.56 Å². The number of phenols is 1. The van der Waals surface area contributed by atoms with Crippen molar-refractivity contribution in [3.8, 4) is 5.75 Å². The van der Waals surface area contributed by atoms with Crippen LogP contribution in [0.25, 0.3) is 21.9 Å². The van der Waals surface area contributed by atoms with Crippen molar-refractivity contribution in [2.24, 2.45) is 0 Å². The summed E-state index contributed by atoms with van der Waals surface area (Å²) in [5, 5.41) is 15.0. The Bertz CT molecular complexity index is 1050. The SMILES string of the molecule is Nc1nc(NCc2ccccc2)c2c(n1)[nH]c1cc(Br)c(O)cc12. The van der Waals surface area contributed by atoms with Crippen molar-refractivity contribution >= 4 is 49.6 Å². The molecule has 120 valence electrons. The standard InChI is InChI=1S/C17H14BrN5O/c18-11-7-12-10(6-13(11)24)14-15(22-17(19)23-16(14)21-12)20-8-9-4-2-1-3-5-9/h1-7,24H,8H2,(H4,19,20,21,22,23). The maximum absolute atomic E-state index is 10.0. The molecule has 0 aliphatic carbocycles. The summed E-state index contributed by atoms with van der Waals surface area (Å²) >= 11 is 3.32. The number of hydrogen-bond donors (Lipinski definition) is 4. The van der Waals surface area contributed by atoms with E-state index in [2.05, 4.69) is 36.2 Å². The average molecular weight is 384 g/mol. The molecule has 5 N–H and O–H groups in total. The second kappa shape index (κ2) is 5.68. The van der Waals surface area contributed by atoms with Gasteiger partial charge in [0.05, 0.1) is 9.86 Å². The number of halogens is 1. The molecule has 0 aliphatic heterocycles. The van der Waals surface area contributed by atoms with Gasteiger partial charge in [-0.25, -0.2) is 0 Å². The Morgan fingerprint density at radius 3 is 2.75 bits per heavy atom. The second-order valence-electron chi connectivity index (χ2n) is 5.47. The molecular weight excluding hydrogens is 370 g/mol. The molecular formula is C17H14BrN5O. The van der Waals surface area contributed by atoms with Crippen LogP contribution in [0, 0.1) is 0 Å². The highest BCUT2D eigenvalue weighted by atomic mass is 79.9. The molecule has 2 heterocycles. The van der Waals surface area contributed by atoms with Crippen molar-refractivity contribution in [2.75, 3.05) is 11.1 Å². The van der Waals surface area contributed by atoms with Gasteiger partial charge in [0.25, 0.3) is 0 Å². The predicted molar refractivity (Wildman–Crippen MR) is 98.9 cm³/mol. The van der Waals surface area contributed by atoms with E-state index in [1.807, 2.05) is 36.4 Å². The Morgan fingerprint density at radius 2 is 1.96 bits per heavy atom. The van der Waals surface area contributed by atoms with E-state index < -0.39 is 0 Å². The number of aromatic nitrogens is 3. The van der Waals surface area contributed by atoms with Gasteiger partial charge in [0, 0.05) is 17.4 Å². The van der Waals surface area contributed by atoms with E-state index in [1.165, 1.54) is 0 Å². The van der Waals surface area contributed by atoms with E-state index in [0.717, 1.165) is 21.9 Å². The first-order valence-corrected chi connectivity index (χ1v) is 8.16. The number of aromatic amines is 1. The van der Waals surface area contributed by atoms with Crippen LogP contribution in [0.3, 0.4) is 0 Å². The monoisotopic (exact) mass is 383 g/mol. The summed E-state index contributed by atoms with van der Waals surface area (Å²) in [5.41, 5.74) is 8.44. The number of nitrogens with one attached hydrogen (secondary N) is 2. The average Bonchev–Trinajstić information content (AvgIpc) is 2.91. The number of anilines is 2. The molecule has 0 amide bonds. The molecule has 0 radical (unpaired) electrons. The minimum Gasteiger partial charge on any atom is -0.507 e. The molecule has 0 spiro atoms. The van der Waals surface area contributed by atoms with Gasteiger partial charge < -0.3 is 21.1 Å². The molecule has 0 aliphatic rings. The minimum absolute atomic E-state index is 0.161. The van der Waals surface area contributed by atoms with Crippen LogP contribution in [0.4, 0.5) is 11.8 Å². The van der Waals surface area contributed by atoms with Gasteiger partial charge in [-0.3, -0.25) is 0 Å². The normalized spacial score (nSPS) is 11.2. The van der Waals surface area contributed by atoms with Gasteiger partial charge in [0.1, 0.15) is 17.2 Å². The molecule has 24 heavy (non-hydrogen) atoms. The number of hydrogen-bond acceptors (Lipinski definition) is 5. The fourth-order valence-electron chi connectivity index (χ4n) is 2.73. The second-order valence-corrected chi connectivity index (χ2v) is 6.32. The van der Waals surface area contributed by atoms with Gasteiger partial charge in [-0.1, -0.05) is 30.3 Å². The highest BCUT2D eigenvalue weighted by Gasteiger charge is 2.14. The first-order chi connectivity index (χ1) is 11.6. The Morgan fingerprint density at radius 1 is 1.17 bits per heavy atom. The largest absolute Gasteiger partial charge is 0.507 e. The summed E-state index contributed by atoms with van der Waals surface area (Å²) in [7, 11) is 0. The van der Waals surface area contributed by atoms with E-state index in [4.69, 9.17) is 5.73 Å². The van der Waals surface area contributed by atoms with Crippen molar-refractivity contribution in [3.63, 3.8) is 0 Å². The van der Waals surface area contributed by atoms with Crippen LogP contribution in [0.2, 0.25) is 0 Å². The lowest BCUT2D eigenvalue weighted by molar-refractivity contribution is 0.473. The summed E-state index contributed by atoms with van der Waals surface area (Å²) in [6.07, 6.45) is 0. The lowest BCUT2D eigenvalue weighted by atomic mass is 10.2. The van der Waals surface area contributed by atoms with Crippen LogP contribution >= 0.6 is 15.9 Å². The number of H-pyrrole nitrogens is 1. The van der Waals surface area contributed by atoms with Gasteiger partial charge in [-0.15, -0.1) is 0 Å². The van der Waals surface area contributed by atoms with E-state index in [0.29, 0.717) is 22.5 Å². The van der Waals surface area contributed by atoms with Crippen molar-refractivity contribution < 1.29 is 5.11 Å². The van der Waals surface area contributed by atoms with E-state index >= 15 is 0 Å². The molecule has 0 saturated carbocycles. The molecule has 0 atom stereocenters. The molecule has 4 rings (SSSR count). The molecule has 7 heteroatoms. The van der Waals surface area contributed by atoms with Gasteiger partial charge >= 0.3 is 0 Å². The van der Waals surface area contributed by atoms with E-state index in [1.54, 1.807) is 6.07 Å². The molecule has 0 unspecified atom stereocenters. The number of nitrogens with zero attached hydrogens (tertiary/aromatic N) is 2. The molecule has 6 nitrogen and oxygen atoms in total. The third kappa shape index (κ3) is 2.52. The molecule has 4 aromatic rings. The van der Waals surface area contributed by atoms with Crippen molar-refractivity contribution in [1.82, 2.24) is 15.0 Å². The zero-order valence-corrected chi connectivity index (χ0v) is 14.1. The maximum atomic E-state index is 10.0. The Hall–Kier alpha value is -2.80. The molecule has 0 fully saturated rings. The van der Waals surface area contributed by atoms with Crippen molar-refractivity contribution in [2.45, 2.75) is 6.54 Å². The van der Waals surface area contributed by atoms with Crippen molar-refractivity contribution in [3.05, 3.63) is 52.5 Å². The van der Waals surface area contributed by atoms with Gasteiger partial charge in [0.15, 0.2) is 0 Å². The molecule has 2 aromatic carbocycles. The van der Waals surface area contributed by atoms with Crippen LogP contribution < -0.4 is 11.1 Å². The van der Waals surface area contributed by atoms with E-state index in [-0.39, 0.29) is 11.7 Å². The third-order valence-corrected chi connectivity index (χ3v) is 4.47. The Kier molecular flexibility index (Phi) is 3.50. The first kappa shape index (κ1) is 14.8. The topological polar surface area (TPSA) is 99.9 Å². The summed E-state index contributed by atoms with van der Waals surface area (Å²) < 4.78 is 0.612. The lowest BCUT2D eigenvalue weighted by Gasteiger charge is -2.08. The van der Waals surface area contributed by atoms with Crippen molar-refractivity contribution in [1.29, 1.82) is 0 Å². The fourth-order valence-corrected chi connectivity index (χ4v) is 3.08. The smallest absolute Gasteiger partial charge is 0.223 e. The van der Waals surface area contributed by atoms with Gasteiger partial charge in [-0.05, 0) is 33.6 Å². The molecule has 2 aromatic heterocycles. The summed E-state index contributed by atoms with van der Waals surface area (Å²) in [6.45, 7) is 0.613. The molecule has 0 saturated heterocycles. The lowest BCUT2D eigenvalue weighted by Crippen LogP contribution is -2.05. The first-order valence-electron chi connectivity index (χ1n) is 7.37. The number of aromatic hydroxyl groups is 1. The fraction of sp³-hybridized carbons (Fsp3) is 0.0588. The van der Waals surface area contributed by atoms with Gasteiger partial charge in [0.2, 0.25) is 5.95 Å². The zero-order valence-electron chi connectivity index (χ0n) is 12.5. The summed E-state index contributed by atoms with van der Waals surface area (Å²) in [6, 6.07) is 13.5. The van der Waals surface area contributed by atoms with Crippen LogP contribution in [0.5, 0.6) is 5.75 Å². The third-order valence-electron chi connectivity index (χ3n) is 3.84. The maximum Gasteiger partial charge on any atom is 0.223 e. The van der Waals surface area contributed by atoms with Crippen LogP contribution in [0.15, 0.2) is 46.9 Å². The number of nitrogen functional groups attached to an aromatic ring is 1. The quantitative estimate of drug-likeness (QED) is 0.431. The number of rotatable bonds is 3. The van der Waals surface area contributed by atoms with Crippen LogP contribution in [-0.2, 0) is 6.54 Å². The number of nitrogens with two attached hydrogens (primary N) is 1. The number of phenolic OH excluding ortho intramolecular Hbond substituents is 1. The number of benzene rings is 2. The molecule has 0 bridgehead atoms. The highest BCUT2D eigenvalue weighted by molar-refractivity contribution is 9.10. The van der Waals surface area contributed by atoms with Crippen LogP contribution in [-0.4, -0.2) is 20.1 Å². The minimum atomic E-state index is 0.161. The zero-order chi connectivity index (χ0) is 16.7. The van der Waals surface area contributed by atoms with E-state index in [9.17, 15) is 5.11 Å². The summed E-state index contributed by atoms with van der Waals surface area (Å²) in [5.74, 6) is 0.983.